The zero-order valence-corrected chi connectivity index (χ0v) is 12.4. The molecule has 0 aromatic heterocycles. The van der Waals surface area contributed by atoms with Crippen LogP contribution in [0.2, 0.25) is 0 Å². The number of aldehydes is 1. The van der Waals surface area contributed by atoms with Gasteiger partial charge in [-0.05, 0) is 41.5 Å². The Kier molecular flexibility index (Phi) is 4.48. The SMILES string of the molecule is O=Cc1ccc(OCc2ccccc2)c(-c2cccc(F)c2)c1. The van der Waals surface area contributed by atoms with Crippen molar-refractivity contribution < 1.29 is 13.9 Å². The zero-order chi connectivity index (χ0) is 16.1. The van der Waals surface area contributed by atoms with Gasteiger partial charge >= 0.3 is 0 Å². The average molecular weight is 306 g/mol. The summed E-state index contributed by atoms with van der Waals surface area (Å²) in [5.74, 6) is 0.290. The van der Waals surface area contributed by atoms with E-state index in [-0.39, 0.29) is 5.82 Å². The van der Waals surface area contributed by atoms with Crippen LogP contribution in [-0.2, 0) is 6.61 Å². The molecule has 0 fully saturated rings. The number of halogens is 1. The van der Waals surface area contributed by atoms with Gasteiger partial charge in [0.1, 0.15) is 24.5 Å². The van der Waals surface area contributed by atoms with E-state index >= 15 is 0 Å². The molecule has 0 unspecified atom stereocenters. The summed E-state index contributed by atoms with van der Waals surface area (Å²) in [6.07, 6.45) is 0.768. The fourth-order valence-corrected chi connectivity index (χ4v) is 2.36. The predicted octanol–water partition coefficient (Wildman–Crippen LogP) is 4.88. The largest absolute Gasteiger partial charge is 0.488 e. The fourth-order valence-electron chi connectivity index (χ4n) is 2.36. The second kappa shape index (κ2) is 6.88. The lowest BCUT2D eigenvalue weighted by molar-refractivity contribution is 0.112. The maximum atomic E-state index is 13.5. The molecular formula is C20H15FO2. The van der Waals surface area contributed by atoms with Gasteiger partial charge in [0.25, 0.3) is 0 Å². The van der Waals surface area contributed by atoms with Gasteiger partial charge in [-0.25, -0.2) is 4.39 Å². The van der Waals surface area contributed by atoms with E-state index in [1.165, 1.54) is 12.1 Å². The molecule has 0 atom stereocenters. The summed E-state index contributed by atoms with van der Waals surface area (Å²) in [7, 11) is 0. The van der Waals surface area contributed by atoms with Crippen LogP contribution in [0, 0.1) is 5.82 Å². The quantitative estimate of drug-likeness (QED) is 0.628. The number of ether oxygens (including phenoxy) is 1. The van der Waals surface area contributed by atoms with Crippen molar-refractivity contribution in [3.8, 4) is 16.9 Å². The highest BCUT2D eigenvalue weighted by molar-refractivity contribution is 5.81. The van der Waals surface area contributed by atoms with Gasteiger partial charge in [0, 0.05) is 11.1 Å². The summed E-state index contributed by atoms with van der Waals surface area (Å²) in [6.45, 7) is 0.406. The van der Waals surface area contributed by atoms with E-state index in [1.54, 1.807) is 30.3 Å². The Morgan fingerprint density at radius 2 is 1.74 bits per heavy atom. The van der Waals surface area contributed by atoms with Crippen LogP contribution in [-0.4, -0.2) is 6.29 Å². The summed E-state index contributed by atoms with van der Waals surface area (Å²) in [5, 5.41) is 0. The van der Waals surface area contributed by atoms with E-state index in [2.05, 4.69) is 0 Å². The van der Waals surface area contributed by atoms with E-state index in [1.807, 2.05) is 30.3 Å². The third kappa shape index (κ3) is 3.64. The van der Waals surface area contributed by atoms with Crippen LogP contribution < -0.4 is 4.74 Å². The summed E-state index contributed by atoms with van der Waals surface area (Å²) in [5.41, 5.74) is 2.94. The van der Waals surface area contributed by atoms with Crippen LogP contribution in [0.4, 0.5) is 4.39 Å². The molecule has 0 saturated carbocycles. The third-order valence-electron chi connectivity index (χ3n) is 3.51. The normalized spacial score (nSPS) is 10.3. The molecule has 0 radical (unpaired) electrons. The van der Waals surface area contributed by atoms with Gasteiger partial charge in [-0.1, -0.05) is 42.5 Å². The van der Waals surface area contributed by atoms with Gasteiger partial charge in [0.15, 0.2) is 0 Å². The minimum absolute atomic E-state index is 0.326. The van der Waals surface area contributed by atoms with Crippen LogP contribution in [0.15, 0.2) is 72.8 Å². The third-order valence-corrected chi connectivity index (χ3v) is 3.51. The number of benzene rings is 3. The number of rotatable bonds is 5. The van der Waals surface area contributed by atoms with Gasteiger partial charge in [-0.2, -0.15) is 0 Å². The molecule has 0 bridgehead atoms. The van der Waals surface area contributed by atoms with E-state index in [0.29, 0.717) is 29.0 Å². The van der Waals surface area contributed by atoms with E-state index < -0.39 is 0 Å². The molecule has 2 nitrogen and oxygen atoms in total. The Labute approximate surface area is 134 Å². The molecule has 114 valence electrons. The standard InChI is InChI=1S/C20H15FO2/c21-18-8-4-7-17(12-18)19-11-16(13-22)9-10-20(19)23-14-15-5-2-1-3-6-15/h1-13H,14H2. The number of hydrogen-bond donors (Lipinski definition) is 0. The second-order valence-electron chi connectivity index (χ2n) is 5.16. The van der Waals surface area contributed by atoms with Crippen LogP contribution in [0.25, 0.3) is 11.1 Å². The van der Waals surface area contributed by atoms with Crippen molar-refractivity contribution in [3.05, 3.63) is 89.7 Å². The van der Waals surface area contributed by atoms with E-state index in [0.717, 1.165) is 11.8 Å². The Morgan fingerprint density at radius 3 is 2.48 bits per heavy atom. The van der Waals surface area contributed by atoms with E-state index in [4.69, 9.17) is 4.74 Å². The molecule has 0 aliphatic carbocycles. The van der Waals surface area contributed by atoms with Crippen LogP contribution in [0.1, 0.15) is 15.9 Å². The number of carbonyl (C=O) groups is 1. The summed E-state index contributed by atoms with van der Waals surface area (Å²) >= 11 is 0. The predicted molar refractivity (Wildman–Crippen MR) is 88.0 cm³/mol. The fraction of sp³-hybridized carbons (Fsp3) is 0.0500. The lowest BCUT2D eigenvalue weighted by atomic mass is 10.0. The summed E-state index contributed by atoms with van der Waals surface area (Å²) in [4.78, 5) is 11.0. The molecule has 0 N–H and O–H groups in total. The molecule has 0 amide bonds. The van der Waals surface area contributed by atoms with Crippen molar-refractivity contribution in [2.75, 3.05) is 0 Å². The molecular weight excluding hydrogens is 291 g/mol. The summed E-state index contributed by atoms with van der Waals surface area (Å²) in [6, 6.07) is 21.2. The highest BCUT2D eigenvalue weighted by Gasteiger charge is 2.09. The maximum Gasteiger partial charge on any atom is 0.150 e. The summed E-state index contributed by atoms with van der Waals surface area (Å²) < 4.78 is 19.4. The van der Waals surface area contributed by atoms with Crippen molar-refractivity contribution >= 4 is 6.29 Å². The Bertz CT molecular complexity index is 813. The van der Waals surface area contributed by atoms with Crippen molar-refractivity contribution in [1.29, 1.82) is 0 Å². The molecule has 0 spiro atoms. The Balaban J connectivity index is 1.94. The van der Waals surface area contributed by atoms with E-state index in [9.17, 15) is 9.18 Å². The van der Waals surface area contributed by atoms with Crippen molar-refractivity contribution in [2.45, 2.75) is 6.61 Å². The molecule has 3 aromatic carbocycles. The smallest absolute Gasteiger partial charge is 0.150 e. The molecule has 0 saturated heterocycles. The van der Waals surface area contributed by atoms with Crippen molar-refractivity contribution in [1.82, 2.24) is 0 Å². The van der Waals surface area contributed by atoms with Gasteiger partial charge in [0.2, 0.25) is 0 Å². The van der Waals surface area contributed by atoms with Crippen molar-refractivity contribution in [2.24, 2.45) is 0 Å². The number of carbonyl (C=O) groups excluding carboxylic acids is 1. The first-order valence-electron chi connectivity index (χ1n) is 7.28. The molecule has 23 heavy (non-hydrogen) atoms. The van der Waals surface area contributed by atoms with Gasteiger partial charge in [0.05, 0.1) is 0 Å². The van der Waals surface area contributed by atoms with Crippen molar-refractivity contribution in [3.63, 3.8) is 0 Å². The molecule has 0 aliphatic heterocycles. The Morgan fingerprint density at radius 1 is 0.913 bits per heavy atom. The number of hydrogen-bond acceptors (Lipinski definition) is 2. The molecule has 0 aliphatic rings. The molecule has 3 rings (SSSR count). The van der Waals surface area contributed by atoms with Crippen LogP contribution in [0.3, 0.4) is 0 Å². The van der Waals surface area contributed by atoms with Crippen LogP contribution in [0.5, 0.6) is 5.75 Å². The minimum atomic E-state index is -0.326. The monoisotopic (exact) mass is 306 g/mol. The lowest BCUT2D eigenvalue weighted by Crippen LogP contribution is -1.98. The van der Waals surface area contributed by atoms with Crippen LogP contribution >= 0.6 is 0 Å². The highest BCUT2D eigenvalue weighted by Crippen LogP contribution is 2.31. The van der Waals surface area contributed by atoms with Gasteiger partial charge in [-0.15, -0.1) is 0 Å². The maximum absolute atomic E-state index is 13.5. The average Bonchev–Trinajstić information content (AvgIpc) is 2.61. The first-order chi connectivity index (χ1) is 11.3. The molecule has 3 aromatic rings. The minimum Gasteiger partial charge on any atom is -0.488 e. The molecule has 0 heterocycles. The first kappa shape index (κ1) is 15.0. The first-order valence-corrected chi connectivity index (χ1v) is 7.28. The topological polar surface area (TPSA) is 26.3 Å². The lowest BCUT2D eigenvalue weighted by Gasteiger charge is -2.12. The second-order valence-corrected chi connectivity index (χ2v) is 5.16. The highest BCUT2D eigenvalue weighted by atomic mass is 19.1. The Hall–Kier alpha value is -2.94. The zero-order valence-electron chi connectivity index (χ0n) is 12.4. The molecule has 3 heteroatoms. The van der Waals surface area contributed by atoms with Gasteiger partial charge in [-0.3, -0.25) is 4.79 Å². The van der Waals surface area contributed by atoms with Gasteiger partial charge < -0.3 is 4.74 Å².